The van der Waals surface area contributed by atoms with Crippen LogP contribution in [0.2, 0.25) is 5.02 Å². The van der Waals surface area contributed by atoms with E-state index in [-0.39, 0.29) is 33.9 Å². The van der Waals surface area contributed by atoms with Crippen molar-refractivity contribution in [2.45, 2.75) is 0 Å². The van der Waals surface area contributed by atoms with Crippen molar-refractivity contribution >= 4 is 58.1 Å². The Kier molecular flexibility index (Phi) is 8.87. The highest BCUT2D eigenvalue weighted by Crippen LogP contribution is 2.39. The number of carbonyl (C=O) groups is 4. The maximum Gasteiger partial charge on any atom is 0.294 e. The number of carbonyl (C=O) groups excluding carboxylic acids is 4. The molecule has 38 heavy (non-hydrogen) atoms. The van der Waals surface area contributed by atoms with E-state index in [1.807, 2.05) is 0 Å². The van der Waals surface area contributed by atoms with Crippen molar-refractivity contribution in [1.82, 2.24) is 9.80 Å². The van der Waals surface area contributed by atoms with Gasteiger partial charge in [0.05, 0.1) is 30.3 Å². The smallest absolute Gasteiger partial charge is 0.294 e. The van der Waals surface area contributed by atoms with Crippen LogP contribution in [0.3, 0.4) is 0 Å². The molecule has 0 spiro atoms. The van der Waals surface area contributed by atoms with Gasteiger partial charge >= 0.3 is 0 Å². The number of methoxy groups -OCH3 is 1. The SMILES string of the molecule is COc1cc(/C=C2/SC(=O)N(CC(=O)N3CCOCC3)C2=O)cc(Cl)c1OCC(=O)Nc1ccc(F)cc1. The van der Waals surface area contributed by atoms with Crippen molar-refractivity contribution in [2.75, 3.05) is 51.9 Å². The molecule has 0 aromatic heterocycles. The van der Waals surface area contributed by atoms with Crippen molar-refractivity contribution in [1.29, 1.82) is 0 Å². The monoisotopic (exact) mass is 563 g/mol. The Morgan fingerprint density at radius 1 is 1.18 bits per heavy atom. The first-order valence-electron chi connectivity index (χ1n) is 11.4. The summed E-state index contributed by atoms with van der Waals surface area (Å²) in [6.45, 7) is 0.891. The molecule has 2 saturated heterocycles. The first-order chi connectivity index (χ1) is 18.2. The molecule has 0 unspecified atom stereocenters. The molecule has 200 valence electrons. The summed E-state index contributed by atoms with van der Waals surface area (Å²) >= 11 is 7.09. The summed E-state index contributed by atoms with van der Waals surface area (Å²) in [6, 6.07) is 8.28. The first-order valence-corrected chi connectivity index (χ1v) is 12.6. The highest BCUT2D eigenvalue weighted by molar-refractivity contribution is 8.18. The maximum absolute atomic E-state index is 13.0. The largest absolute Gasteiger partial charge is 0.493 e. The number of anilines is 1. The second-order valence-electron chi connectivity index (χ2n) is 8.14. The summed E-state index contributed by atoms with van der Waals surface area (Å²) < 4.78 is 29.1. The summed E-state index contributed by atoms with van der Waals surface area (Å²) in [5.41, 5.74) is 0.842. The third-order valence-electron chi connectivity index (χ3n) is 5.56. The molecule has 2 aromatic carbocycles. The minimum atomic E-state index is -0.588. The average Bonchev–Trinajstić information content (AvgIpc) is 3.16. The molecule has 2 aliphatic heterocycles. The Morgan fingerprint density at radius 2 is 1.89 bits per heavy atom. The quantitative estimate of drug-likeness (QED) is 0.486. The number of benzene rings is 2. The molecule has 0 saturated carbocycles. The minimum Gasteiger partial charge on any atom is -0.493 e. The fourth-order valence-corrected chi connectivity index (χ4v) is 4.78. The van der Waals surface area contributed by atoms with Crippen LogP contribution in [-0.4, -0.2) is 79.3 Å². The van der Waals surface area contributed by atoms with Gasteiger partial charge in [0.15, 0.2) is 18.1 Å². The van der Waals surface area contributed by atoms with Crippen LogP contribution in [-0.2, 0) is 19.1 Å². The number of imide groups is 1. The Morgan fingerprint density at radius 3 is 2.58 bits per heavy atom. The van der Waals surface area contributed by atoms with Gasteiger partial charge in [0, 0.05) is 18.8 Å². The number of hydrogen-bond acceptors (Lipinski definition) is 8. The summed E-state index contributed by atoms with van der Waals surface area (Å²) in [6.07, 6.45) is 1.46. The Labute approximate surface area is 226 Å². The van der Waals surface area contributed by atoms with Crippen LogP contribution in [0.1, 0.15) is 5.56 Å². The zero-order valence-electron chi connectivity index (χ0n) is 20.2. The Hall–Kier alpha value is -3.61. The van der Waals surface area contributed by atoms with Crippen LogP contribution in [0.5, 0.6) is 11.5 Å². The fourth-order valence-electron chi connectivity index (χ4n) is 3.67. The van der Waals surface area contributed by atoms with E-state index in [4.69, 9.17) is 25.8 Å². The zero-order chi connectivity index (χ0) is 27.2. The summed E-state index contributed by atoms with van der Waals surface area (Å²) in [5, 5.41) is 2.12. The molecule has 10 nitrogen and oxygen atoms in total. The van der Waals surface area contributed by atoms with E-state index in [2.05, 4.69) is 5.32 Å². The molecule has 13 heteroatoms. The number of thioether (sulfide) groups is 1. The second kappa shape index (κ2) is 12.3. The van der Waals surface area contributed by atoms with Crippen LogP contribution < -0.4 is 14.8 Å². The van der Waals surface area contributed by atoms with Gasteiger partial charge in [-0.1, -0.05) is 11.6 Å². The molecule has 0 radical (unpaired) electrons. The summed E-state index contributed by atoms with van der Waals surface area (Å²) in [5.74, 6) is -1.55. The van der Waals surface area contributed by atoms with Crippen molar-refractivity contribution in [3.8, 4) is 11.5 Å². The molecule has 0 aliphatic carbocycles. The van der Waals surface area contributed by atoms with E-state index in [0.717, 1.165) is 4.90 Å². The van der Waals surface area contributed by atoms with Gasteiger partial charge in [-0.3, -0.25) is 24.1 Å². The van der Waals surface area contributed by atoms with Crippen LogP contribution in [0.25, 0.3) is 6.08 Å². The molecule has 2 heterocycles. The van der Waals surface area contributed by atoms with Crippen LogP contribution in [0.4, 0.5) is 14.9 Å². The van der Waals surface area contributed by atoms with Gasteiger partial charge in [-0.2, -0.15) is 0 Å². The lowest BCUT2D eigenvalue weighted by Crippen LogP contribution is -2.46. The van der Waals surface area contributed by atoms with Crippen molar-refractivity contribution in [2.24, 2.45) is 0 Å². The van der Waals surface area contributed by atoms with Crippen LogP contribution in [0, 0.1) is 5.82 Å². The molecule has 0 atom stereocenters. The van der Waals surface area contributed by atoms with Gasteiger partial charge in [0.25, 0.3) is 17.1 Å². The number of morpholine rings is 1. The third-order valence-corrected chi connectivity index (χ3v) is 6.74. The molecule has 4 rings (SSSR count). The number of amides is 4. The first kappa shape index (κ1) is 27.4. The van der Waals surface area contributed by atoms with Crippen LogP contribution >= 0.6 is 23.4 Å². The lowest BCUT2D eigenvalue weighted by molar-refractivity contribution is -0.139. The molecule has 2 aliphatic rings. The van der Waals surface area contributed by atoms with E-state index in [0.29, 0.717) is 49.3 Å². The minimum absolute atomic E-state index is 0.102. The van der Waals surface area contributed by atoms with Gasteiger partial charge in [0.1, 0.15) is 12.4 Å². The van der Waals surface area contributed by atoms with Crippen LogP contribution in [0.15, 0.2) is 41.3 Å². The maximum atomic E-state index is 13.0. The normalized spacial score (nSPS) is 16.7. The topological polar surface area (TPSA) is 114 Å². The van der Waals surface area contributed by atoms with Gasteiger partial charge in [-0.05, 0) is 59.8 Å². The van der Waals surface area contributed by atoms with Gasteiger partial charge < -0.3 is 24.4 Å². The molecule has 2 fully saturated rings. The van der Waals surface area contributed by atoms with Crippen molar-refractivity contribution in [3.05, 3.63) is 57.7 Å². The van der Waals surface area contributed by atoms with Gasteiger partial charge in [-0.25, -0.2) is 4.39 Å². The Balaban J connectivity index is 1.42. The zero-order valence-corrected chi connectivity index (χ0v) is 21.8. The highest BCUT2D eigenvalue weighted by atomic mass is 35.5. The predicted molar refractivity (Wildman–Crippen MR) is 139 cm³/mol. The summed E-state index contributed by atoms with van der Waals surface area (Å²) in [7, 11) is 1.38. The fraction of sp³-hybridized carbons (Fsp3) is 0.280. The molecular weight excluding hydrogens is 541 g/mol. The number of hydrogen-bond donors (Lipinski definition) is 1. The van der Waals surface area contributed by atoms with E-state index in [1.165, 1.54) is 49.6 Å². The van der Waals surface area contributed by atoms with Crippen molar-refractivity contribution < 1.29 is 37.8 Å². The summed E-state index contributed by atoms with van der Waals surface area (Å²) in [4.78, 5) is 52.6. The van der Waals surface area contributed by atoms with E-state index >= 15 is 0 Å². The molecule has 0 bridgehead atoms. The van der Waals surface area contributed by atoms with E-state index in [9.17, 15) is 23.6 Å². The lowest BCUT2D eigenvalue weighted by Gasteiger charge is -2.28. The Bertz CT molecular complexity index is 1280. The van der Waals surface area contributed by atoms with E-state index < -0.39 is 29.5 Å². The van der Waals surface area contributed by atoms with Gasteiger partial charge in [0.2, 0.25) is 5.91 Å². The highest BCUT2D eigenvalue weighted by Gasteiger charge is 2.37. The molecule has 2 aromatic rings. The van der Waals surface area contributed by atoms with Gasteiger partial charge in [-0.15, -0.1) is 0 Å². The lowest BCUT2D eigenvalue weighted by atomic mass is 10.1. The number of halogens is 2. The number of ether oxygens (including phenoxy) is 3. The number of nitrogens with zero attached hydrogens (tertiary/aromatic N) is 2. The molecular formula is C25H23ClFN3O7S. The average molecular weight is 564 g/mol. The standard InChI is InChI=1S/C25H23ClFN3O7S/c1-35-19-11-15(10-18(26)23(19)37-14-21(31)28-17-4-2-16(27)3-5-17)12-20-24(33)30(25(34)38-20)13-22(32)29-6-8-36-9-7-29/h2-5,10-12H,6-9,13-14H2,1H3,(H,28,31)/b20-12+. The number of rotatable bonds is 8. The predicted octanol–water partition coefficient (Wildman–Crippen LogP) is 3.40. The second-order valence-corrected chi connectivity index (χ2v) is 9.54. The number of nitrogens with one attached hydrogen (secondary N) is 1. The molecule has 1 N–H and O–H groups in total. The third kappa shape index (κ3) is 6.63. The molecule has 4 amide bonds. The van der Waals surface area contributed by atoms with Crippen molar-refractivity contribution in [3.63, 3.8) is 0 Å². The van der Waals surface area contributed by atoms with E-state index in [1.54, 1.807) is 4.90 Å².